The molecule has 0 unspecified atom stereocenters. The summed E-state index contributed by atoms with van der Waals surface area (Å²) in [4.78, 5) is 24.3. The zero-order chi connectivity index (χ0) is 18.6. The van der Waals surface area contributed by atoms with Crippen molar-refractivity contribution in [1.29, 1.82) is 0 Å². The van der Waals surface area contributed by atoms with Gasteiger partial charge in [0.1, 0.15) is 11.4 Å². The second-order valence-electron chi connectivity index (χ2n) is 7.44. The summed E-state index contributed by atoms with van der Waals surface area (Å²) in [7, 11) is 1.62. The molecule has 3 atom stereocenters. The maximum absolute atomic E-state index is 12.5. The van der Waals surface area contributed by atoms with E-state index in [1.54, 1.807) is 7.11 Å². The van der Waals surface area contributed by atoms with E-state index in [1.165, 1.54) is 0 Å². The molecule has 1 aromatic carbocycles. The van der Waals surface area contributed by atoms with Crippen molar-refractivity contribution in [3.63, 3.8) is 0 Å². The Labute approximate surface area is 149 Å². The molecule has 2 rings (SSSR count). The molecule has 0 radical (unpaired) electrons. The fourth-order valence-electron chi connectivity index (χ4n) is 2.74. The SMILES string of the molecule is COc1ccc([C@@H](C)NC(=O)[C@H]2CC[C@H]2NC(=O)OC(C)(C)C)cc1. The third-order valence-electron chi connectivity index (χ3n) is 4.29. The lowest BCUT2D eigenvalue weighted by molar-refractivity contribution is -0.129. The maximum atomic E-state index is 12.5. The lowest BCUT2D eigenvalue weighted by atomic mass is 9.78. The highest BCUT2D eigenvalue weighted by Crippen LogP contribution is 2.29. The number of amides is 2. The van der Waals surface area contributed by atoms with E-state index >= 15 is 0 Å². The smallest absolute Gasteiger partial charge is 0.407 e. The summed E-state index contributed by atoms with van der Waals surface area (Å²) in [6.45, 7) is 7.38. The summed E-state index contributed by atoms with van der Waals surface area (Å²) in [5.74, 6) is 0.520. The Bertz CT molecular complexity index is 607. The van der Waals surface area contributed by atoms with Gasteiger partial charge in [-0.2, -0.15) is 0 Å². The number of methoxy groups -OCH3 is 1. The number of nitrogens with one attached hydrogen (secondary N) is 2. The first-order valence-corrected chi connectivity index (χ1v) is 8.63. The number of alkyl carbamates (subject to hydrolysis) is 1. The third-order valence-corrected chi connectivity index (χ3v) is 4.29. The molecule has 138 valence electrons. The van der Waals surface area contributed by atoms with Crippen molar-refractivity contribution in [3.05, 3.63) is 29.8 Å². The van der Waals surface area contributed by atoms with E-state index < -0.39 is 11.7 Å². The molecule has 1 saturated carbocycles. The Morgan fingerprint density at radius 2 is 1.80 bits per heavy atom. The number of carbonyl (C=O) groups is 2. The van der Waals surface area contributed by atoms with Crippen LogP contribution >= 0.6 is 0 Å². The summed E-state index contributed by atoms with van der Waals surface area (Å²) in [6.07, 6.45) is 1.08. The molecule has 2 amide bonds. The zero-order valence-corrected chi connectivity index (χ0v) is 15.6. The Morgan fingerprint density at radius 1 is 1.16 bits per heavy atom. The molecule has 2 N–H and O–H groups in total. The van der Waals surface area contributed by atoms with Crippen molar-refractivity contribution >= 4 is 12.0 Å². The monoisotopic (exact) mass is 348 g/mol. The number of benzene rings is 1. The molecule has 6 heteroatoms. The average molecular weight is 348 g/mol. The summed E-state index contributed by atoms with van der Waals surface area (Å²) in [5, 5.41) is 5.81. The van der Waals surface area contributed by atoms with Gasteiger partial charge in [0, 0.05) is 6.04 Å². The quantitative estimate of drug-likeness (QED) is 0.857. The molecule has 1 aliphatic carbocycles. The van der Waals surface area contributed by atoms with Crippen LogP contribution in [0.15, 0.2) is 24.3 Å². The molecular formula is C19H28N2O4. The molecule has 0 saturated heterocycles. The Balaban J connectivity index is 1.86. The van der Waals surface area contributed by atoms with Crippen LogP contribution in [0.1, 0.15) is 52.1 Å². The second-order valence-corrected chi connectivity index (χ2v) is 7.44. The molecule has 6 nitrogen and oxygen atoms in total. The van der Waals surface area contributed by atoms with Crippen LogP contribution in [0.5, 0.6) is 5.75 Å². The van der Waals surface area contributed by atoms with Crippen molar-refractivity contribution in [1.82, 2.24) is 10.6 Å². The predicted octanol–water partition coefficient (Wildman–Crippen LogP) is 3.18. The van der Waals surface area contributed by atoms with Crippen LogP contribution in [-0.4, -0.2) is 30.8 Å². The molecule has 0 aromatic heterocycles. The van der Waals surface area contributed by atoms with Gasteiger partial charge in [0.05, 0.1) is 19.1 Å². The first-order chi connectivity index (χ1) is 11.7. The Morgan fingerprint density at radius 3 is 2.28 bits per heavy atom. The van der Waals surface area contributed by atoms with Gasteiger partial charge in [-0.25, -0.2) is 4.79 Å². The van der Waals surface area contributed by atoms with Crippen LogP contribution in [-0.2, 0) is 9.53 Å². The van der Waals surface area contributed by atoms with Gasteiger partial charge >= 0.3 is 6.09 Å². The first-order valence-electron chi connectivity index (χ1n) is 8.63. The van der Waals surface area contributed by atoms with E-state index in [0.29, 0.717) is 0 Å². The second kappa shape index (κ2) is 7.76. The lowest BCUT2D eigenvalue weighted by Gasteiger charge is -2.37. The standard InChI is InChI=1S/C19H28N2O4/c1-12(13-6-8-14(24-5)9-7-13)20-17(22)15-10-11-16(15)21-18(23)25-19(2,3)4/h6-9,12,15-16H,10-11H2,1-5H3,(H,20,22)(H,21,23)/t12-,15+,16-/m1/s1. The molecule has 0 bridgehead atoms. The van der Waals surface area contributed by atoms with Gasteiger partial charge in [-0.15, -0.1) is 0 Å². The predicted molar refractivity (Wildman–Crippen MR) is 95.4 cm³/mol. The van der Waals surface area contributed by atoms with E-state index in [0.717, 1.165) is 24.2 Å². The van der Waals surface area contributed by atoms with Gasteiger partial charge in [-0.05, 0) is 58.2 Å². The van der Waals surface area contributed by atoms with Crippen molar-refractivity contribution in [2.24, 2.45) is 5.92 Å². The van der Waals surface area contributed by atoms with Crippen molar-refractivity contribution in [2.75, 3.05) is 7.11 Å². The summed E-state index contributed by atoms with van der Waals surface area (Å²) in [5.41, 5.74) is 0.458. The van der Waals surface area contributed by atoms with Gasteiger partial charge in [-0.1, -0.05) is 12.1 Å². The number of carbonyl (C=O) groups excluding carboxylic acids is 2. The van der Waals surface area contributed by atoms with Crippen LogP contribution < -0.4 is 15.4 Å². The number of hydrogen-bond donors (Lipinski definition) is 2. The Hall–Kier alpha value is -2.24. The highest BCUT2D eigenvalue weighted by molar-refractivity contribution is 5.82. The maximum Gasteiger partial charge on any atom is 0.407 e. The van der Waals surface area contributed by atoms with E-state index in [-0.39, 0.29) is 23.9 Å². The van der Waals surface area contributed by atoms with Crippen LogP contribution in [0.2, 0.25) is 0 Å². The molecule has 1 fully saturated rings. The molecule has 0 spiro atoms. The molecule has 0 heterocycles. The minimum Gasteiger partial charge on any atom is -0.497 e. The van der Waals surface area contributed by atoms with E-state index in [9.17, 15) is 9.59 Å². The highest BCUT2D eigenvalue weighted by atomic mass is 16.6. The zero-order valence-electron chi connectivity index (χ0n) is 15.6. The average Bonchev–Trinajstić information content (AvgIpc) is 2.49. The van der Waals surface area contributed by atoms with Gasteiger partial charge < -0.3 is 20.1 Å². The fraction of sp³-hybridized carbons (Fsp3) is 0.579. The topological polar surface area (TPSA) is 76.7 Å². The normalized spacial score (nSPS) is 20.8. The van der Waals surface area contributed by atoms with Crippen LogP contribution in [0.3, 0.4) is 0 Å². The van der Waals surface area contributed by atoms with Gasteiger partial charge in [0.15, 0.2) is 0 Å². The van der Waals surface area contributed by atoms with E-state index in [1.807, 2.05) is 52.0 Å². The van der Waals surface area contributed by atoms with E-state index in [4.69, 9.17) is 9.47 Å². The third kappa shape index (κ3) is 5.37. The summed E-state index contributed by atoms with van der Waals surface area (Å²) in [6, 6.07) is 7.32. The number of rotatable bonds is 5. The van der Waals surface area contributed by atoms with Crippen molar-refractivity contribution in [2.45, 2.75) is 58.2 Å². The van der Waals surface area contributed by atoms with Crippen molar-refractivity contribution in [3.8, 4) is 5.75 Å². The lowest BCUT2D eigenvalue weighted by Crippen LogP contribution is -2.53. The fourth-order valence-corrected chi connectivity index (χ4v) is 2.74. The number of hydrogen-bond acceptors (Lipinski definition) is 4. The van der Waals surface area contributed by atoms with Crippen LogP contribution in [0.4, 0.5) is 4.79 Å². The minimum atomic E-state index is -0.547. The number of ether oxygens (including phenoxy) is 2. The van der Waals surface area contributed by atoms with Crippen LogP contribution in [0.25, 0.3) is 0 Å². The van der Waals surface area contributed by atoms with Crippen molar-refractivity contribution < 1.29 is 19.1 Å². The molecular weight excluding hydrogens is 320 g/mol. The highest BCUT2D eigenvalue weighted by Gasteiger charge is 2.38. The summed E-state index contributed by atoms with van der Waals surface area (Å²) < 4.78 is 10.4. The molecule has 0 aliphatic heterocycles. The van der Waals surface area contributed by atoms with Gasteiger partial charge in [0.25, 0.3) is 0 Å². The first kappa shape index (κ1) is 19.1. The Kier molecular flexibility index (Phi) is 5.93. The van der Waals surface area contributed by atoms with Crippen LogP contribution in [0, 0.1) is 5.92 Å². The van der Waals surface area contributed by atoms with Gasteiger partial charge in [0.2, 0.25) is 5.91 Å². The largest absolute Gasteiger partial charge is 0.497 e. The molecule has 25 heavy (non-hydrogen) atoms. The molecule has 1 aliphatic rings. The minimum absolute atomic E-state index is 0.0457. The van der Waals surface area contributed by atoms with Gasteiger partial charge in [-0.3, -0.25) is 4.79 Å². The molecule has 1 aromatic rings. The summed E-state index contributed by atoms with van der Waals surface area (Å²) >= 11 is 0. The van der Waals surface area contributed by atoms with E-state index in [2.05, 4.69) is 10.6 Å².